The van der Waals surface area contributed by atoms with E-state index < -0.39 is 0 Å². The highest BCUT2D eigenvalue weighted by Crippen LogP contribution is 2.30. The molecule has 0 fully saturated rings. The van der Waals surface area contributed by atoms with E-state index in [-0.39, 0.29) is 5.97 Å². The van der Waals surface area contributed by atoms with Gasteiger partial charge in [0.1, 0.15) is 0 Å². The maximum atomic E-state index is 11.1. The van der Waals surface area contributed by atoms with E-state index in [1.165, 1.54) is 24.8 Å². The lowest BCUT2D eigenvalue weighted by Crippen LogP contribution is -2.38. The molecule has 0 radical (unpaired) electrons. The van der Waals surface area contributed by atoms with Crippen LogP contribution < -0.4 is 4.90 Å². The van der Waals surface area contributed by atoms with Gasteiger partial charge in [-0.1, -0.05) is 18.2 Å². The topological polar surface area (TPSA) is 29.5 Å². The van der Waals surface area contributed by atoms with Crippen LogP contribution in [-0.2, 0) is 16.0 Å². The first-order valence-electron chi connectivity index (χ1n) is 6.63. The molecule has 1 heterocycles. The minimum absolute atomic E-state index is 0.118. The van der Waals surface area contributed by atoms with Crippen molar-refractivity contribution < 1.29 is 9.53 Å². The number of ether oxygens (including phenoxy) is 1. The van der Waals surface area contributed by atoms with Crippen LogP contribution in [0.2, 0.25) is 0 Å². The summed E-state index contributed by atoms with van der Waals surface area (Å²) in [6.07, 6.45) is 3.70. The Hall–Kier alpha value is -1.51. The summed E-state index contributed by atoms with van der Waals surface area (Å²) in [4.78, 5) is 13.6. The highest BCUT2D eigenvalue weighted by atomic mass is 16.5. The first-order valence-corrected chi connectivity index (χ1v) is 6.63. The summed E-state index contributed by atoms with van der Waals surface area (Å²) in [5.74, 6) is -0.118. The number of carbonyl (C=O) groups excluding carboxylic acids is 1. The number of fused-ring (bicyclic) bond motifs is 1. The van der Waals surface area contributed by atoms with Gasteiger partial charge in [-0.3, -0.25) is 4.79 Å². The van der Waals surface area contributed by atoms with E-state index in [9.17, 15) is 4.79 Å². The Labute approximate surface area is 109 Å². The number of nitrogens with zero attached hydrogens (tertiary/aromatic N) is 1. The number of aryl methyl sites for hydroxylation is 1. The molecule has 0 saturated heterocycles. The molecule has 1 unspecified atom stereocenters. The third kappa shape index (κ3) is 2.84. The number of para-hydroxylation sites is 1. The van der Waals surface area contributed by atoms with Gasteiger partial charge in [-0.25, -0.2) is 0 Å². The Morgan fingerprint density at radius 1 is 1.44 bits per heavy atom. The molecule has 1 aliphatic heterocycles. The molecule has 0 spiro atoms. The molecule has 18 heavy (non-hydrogen) atoms. The molecular weight excluding hydrogens is 226 g/mol. The molecule has 0 saturated carbocycles. The number of benzene rings is 1. The Morgan fingerprint density at radius 2 is 2.22 bits per heavy atom. The first-order chi connectivity index (χ1) is 8.72. The summed E-state index contributed by atoms with van der Waals surface area (Å²) < 4.78 is 4.68. The lowest BCUT2D eigenvalue weighted by atomic mass is 9.96. The van der Waals surface area contributed by atoms with Crippen LogP contribution in [0.5, 0.6) is 0 Å². The van der Waals surface area contributed by atoms with Crippen molar-refractivity contribution in [1.29, 1.82) is 0 Å². The molecule has 3 heteroatoms. The zero-order chi connectivity index (χ0) is 13.0. The highest BCUT2D eigenvalue weighted by Gasteiger charge is 2.22. The minimum Gasteiger partial charge on any atom is -0.469 e. The van der Waals surface area contributed by atoms with Gasteiger partial charge in [0.05, 0.1) is 7.11 Å². The highest BCUT2D eigenvalue weighted by molar-refractivity contribution is 5.69. The van der Waals surface area contributed by atoms with Crippen LogP contribution >= 0.6 is 0 Å². The van der Waals surface area contributed by atoms with Crippen LogP contribution in [0.4, 0.5) is 5.69 Å². The second-order valence-corrected chi connectivity index (χ2v) is 4.89. The van der Waals surface area contributed by atoms with Crippen molar-refractivity contribution in [3.63, 3.8) is 0 Å². The third-order valence-electron chi connectivity index (χ3n) is 3.67. The standard InChI is InChI=1S/C15H21NO2/c1-12-9-10-13-6-3-4-7-14(13)16(12)11-5-8-15(17)18-2/h3-4,6-7,12H,5,8-11H2,1-2H3. The number of esters is 1. The van der Waals surface area contributed by atoms with E-state index in [1.54, 1.807) is 0 Å². The maximum Gasteiger partial charge on any atom is 0.305 e. The van der Waals surface area contributed by atoms with Gasteiger partial charge in [-0.05, 0) is 37.8 Å². The van der Waals surface area contributed by atoms with Crippen LogP contribution in [0.15, 0.2) is 24.3 Å². The molecule has 1 aromatic rings. The number of methoxy groups -OCH3 is 1. The second-order valence-electron chi connectivity index (χ2n) is 4.89. The van der Waals surface area contributed by atoms with E-state index in [0.717, 1.165) is 19.4 Å². The molecular formula is C15H21NO2. The van der Waals surface area contributed by atoms with Crippen molar-refractivity contribution in [2.75, 3.05) is 18.6 Å². The Kier molecular flexibility index (Phi) is 4.24. The van der Waals surface area contributed by atoms with Crippen LogP contribution in [0, 0.1) is 0 Å². The van der Waals surface area contributed by atoms with Crippen molar-refractivity contribution in [1.82, 2.24) is 0 Å². The monoisotopic (exact) mass is 247 g/mol. The summed E-state index contributed by atoms with van der Waals surface area (Å²) in [6, 6.07) is 9.13. The fourth-order valence-electron chi connectivity index (χ4n) is 2.60. The second kappa shape index (κ2) is 5.89. The Morgan fingerprint density at radius 3 is 3.00 bits per heavy atom. The van der Waals surface area contributed by atoms with E-state index >= 15 is 0 Å². The third-order valence-corrected chi connectivity index (χ3v) is 3.67. The quantitative estimate of drug-likeness (QED) is 0.766. The van der Waals surface area contributed by atoms with Crippen molar-refractivity contribution >= 4 is 11.7 Å². The molecule has 1 atom stereocenters. The van der Waals surface area contributed by atoms with Crippen molar-refractivity contribution in [2.24, 2.45) is 0 Å². The molecule has 0 aromatic heterocycles. The molecule has 0 aliphatic carbocycles. The molecule has 0 bridgehead atoms. The van der Waals surface area contributed by atoms with Crippen LogP contribution in [0.3, 0.4) is 0 Å². The van der Waals surface area contributed by atoms with Gasteiger partial charge in [0.25, 0.3) is 0 Å². The SMILES string of the molecule is COC(=O)CCCN1c2ccccc2CCC1C. The minimum atomic E-state index is -0.118. The zero-order valence-corrected chi connectivity index (χ0v) is 11.2. The van der Waals surface area contributed by atoms with Crippen LogP contribution in [-0.4, -0.2) is 25.7 Å². The molecule has 3 nitrogen and oxygen atoms in total. The number of carbonyl (C=O) groups is 1. The summed E-state index contributed by atoms with van der Waals surface area (Å²) in [6.45, 7) is 3.18. The summed E-state index contributed by atoms with van der Waals surface area (Å²) in [7, 11) is 1.45. The van der Waals surface area contributed by atoms with Gasteiger partial charge in [0, 0.05) is 24.7 Å². The maximum absolute atomic E-state index is 11.1. The molecule has 0 amide bonds. The average Bonchev–Trinajstić information content (AvgIpc) is 2.41. The zero-order valence-electron chi connectivity index (χ0n) is 11.2. The summed E-state index contributed by atoms with van der Waals surface area (Å²) in [5, 5.41) is 0. The number of hydrogen-bond donors (Lipinski definition) is 0. The molecule has 98 valence electrons. The molecule has 0 N–H and O–H groups in total. The van der Waals surface area contributed by atoms with E-state index in [0.29, 0.717) is 12.5 Å². The van der Waals surface area contributed by atoms with E-state index in [2.05, 4.69) is 40.8 Å². The van der Waals surface area contributed by atoms with Crippen molar-refractivity contribution in [2.45, 2.75) is 38.6 Å². The molecule has 2 rings (SSSR count). The molecule has 1 aliphatic rings. The smallest absolute Gasteiger partial charge is 0.305 e. The first kappa shape index (κ1) is 12.9. The lowest BCUT2D eigenvalue weighted by Gasteiger charge is -2.37. The number of anilines is 1. The molecule has 1 aromatic carbocycles. The fraction of sp³-hybridized carbons (Fsp3) is 0.533. The largest absolute Gasteiger partial charge is 0.469 e. The average molecular weight is 247 g/mol. The lowest BCUT2D eigenvalue weighted by molar-refractivity contribution is -0.140. The van der Waals surface area contributed by atoms with Gasteiger partial charge in [-0.2, -0.15) is 0 Å². The predicted molar refractivity (Wildman–Crippen MR) is 72.8 cm³/mol. The number of hydrogen-bond acceptors (Lipinski definition) is 3. The van der Waals surface area contributed by atoms with E-state index in [1.807, 2.05) is 0 Å². The van der Waals surface area contributed by atoms with E-state index in [4.69, 9.17) is 0 Å². The van der Waals surface area contributed by atoms with Crippen molar-refractivity contribution in [3.8, 4) is 0 Å². The normalized spacial score (nSPS) is 18.3. The number of rotatable bonds is 4. The fourth-order valence-corrected chi connectivity index (χ4v) is 2.60. The van der Waals surface area contributed by atoms with Gasteiger partial charge in [0.2, 0.25) is 0 Å². The Bertz CT molecular complexity index is 417. The van der Waals surface area contributed by atoms with Gasteiger partial charge in [0.15, 0.2) is 0 Å². The predicted octanol–water partition coefficient (Wildman–Crippen LogP) is 2.78. The Balaban J connectivity index is 2.01. The van der Waals surface area contributed by atoms with Crippen LogP contribution in [0.1, 0.15) is 31.7 Å². The van der Waals surface area contributed by atoms with Crippen molar-refractivity contribution in [3.05, 3.63) is 29.8 Å². The van der Waals surface area contributed by atoms with Gasteiger partial charge >= 0.3 is 5.97 Å². The summed E-state index contributed by atoms with van der Waals surface area (Å²) in [5.41, 5.74) is 2.76. The van der Waals surface area contributed by atoms with Gasteiger partial charge < -0.3 is 9.64 Å². The van der Waals surface area contributed by atoms with Crippen LogP contribution in [0.25, 0.3) is 0 Å². The van der Waals surface area contributed by atoms with Gasteiger partial charge in [-0.15, -0.1) is 0 Å². The summed E-state index contributed by atoms with van der Waals surface area (Å²) >= 11 is 0.